The van der Waals surface area contributed by atoms with Gasteiger partial charge in [-0.25, -0.2) is 0 Å². The summed E-state index contributed by atoms with van der Waals surface area (Å²) in [6, 6.07) is 25.7. The molecule has 0 spiro atoms. The number of para-hydroxylation sites is 1. The van der Waals surface area contributed by atoms with Crippen LogP contribution in [0.1, 0.15) is 12.8 Å². The van der Waals surface area contributed by atoms with Crippen LogP contribution in [0.15, 0.2) is 72.8 Å². The third-order valence-electron chi connectivity index (χ3n) is 4.11. The second-order valence-corrected chi connectivity index (χ2v) is 5.69. The second-order valence-electron chi connectivity index (χ2n) is 5.69. The highest BCUT2D eigenvalue weighted by Crippen LogP contribution is 2.32. The van der Waals surface area contributed by atoms with Crippen molar-refractivity contribution in [1.82, 2.24) is 0 Å². The summed E-state index contributed by atoms with van der Waals surface area (Å²) in [5.41, 5.74) is 2.51. The molecule has 0 saturated heterocycles. The zero-order valence-corrected chi connectivity index (χ0v) is 13.6. The minimum Gasteiger partial charge on any atom is -0.385 e. The minimum atomic E-state index is 0.818. The third-order valence-corrected chi connectivity index (χ3v) is 4.11. The first-order valence-corrected chi connectivity index (χ1v) is 8.19. The number of fused-ring (bicyclic) bond motifs is 1. The van der Waals surface area contributed by atoms with Gasteiger partial charge in [-0.15, -0.1) is 0 Å². The molecule has 0 aliphatic rings. The molecule has 0 heterocycles. The Balaban J connectivity index is 1.96. The molecule has 23 heavy (non-hydrogen) atoms. The van der Waals surface area contributed by atoms with Crippen molar-refractivity contribution in [3.05, 3.63) is 72.8 Å². The van der Waals surface area contributed by atoms with Gasteiger partial charge in [-0.3, -0.25) is 0 Å². The van der Waals surface area contributed by atoms with Gasteiger partial charge in [0.05, 0.1) is 0 Å². The van der Waals surface area contributed by atoms with Gasteiger partial charge < -0.3 is 9.64 Å². The summed E-state index contributed by atoms with van der Waals surface area (Å²) in [5.74, 6) is 0. The summed E-state index contributed by atoms with van der Waals surface area (Å²) in [7, 11) is 1.76. The SMILES string of the molecule is COCCCCN(c1ccccc1)c1cccc2ccccc12. The van der Waals surface area contributed by atoms with Gasteiger partial charge in [-0.2, -0.15) is 0 Å². The van der Waals surface area contributed by atoms with Gasteiger partial charge in [-0.05, 0) is 36.4 Å². The smallest absolute Gasteiger partial charge is 0.0490 e. The largest absolute Gasteiger partial charge is 0.385 e. The Morgan fingerprint density at radius 1 is 0.783 bits per heavy atom. The van der Waals surface area contributed by atoms with Crippen molar-refractivity contribution in [2.45, 2.75) is 12.8 Å². The number of unbranched alkanes of at least 4 members (excludes halogenated alkanes) is 1. The van der Waals surface area contributed by atoms with Crippen LogP contribution in [0.25, 0.3) is 10.8 Å². The van der Waals surface area contributed by atoms with E-state index in [4.69, 9.17) is 4.74 Å². The highest BCUT2D eigenvalue weighted by molar-refractivity contribution is 5.96. The first-order chi connectivity index (χ1) is 11.4. The average molecular weight is 305 g/mol. The van der Waals surface area contributed by atoms with Crippen LogP contribution in [-0.2, 0) is 4.74 Å². The number of hydrogen-bond donors (Lipinski definition) is 0. The summed E-state index contributed by atoms with van der Waals surface area (Å²) in [4.78, 5) is 2.41. The van der Waals surface area contributed by atoms with Gasteiger partial charge in [-0.1, -0.05) is 54.6 Å². The van der Waals surface area contributed by atoms with E-state index < -0.39 is 0 Å². The fraction of sp³-hybridized carbons (Fsp3) is 0.238. The van der Waals surface area contributed by atoms with Crippen molar-refractivity contribution in [1.29, 1.82) is 0 Å². The van der Waals surface area contributed by atoms with Crippen LogP contribution < -0.4 is 4.90 Å². The van der Waals surface area contributed by atoms with Crippen molar-refractivity contribution in [3.63, 3.8) is 0 Å². The Morgan fingerprint density at radius 2 is 1.52 bits per heavy atom. The third kappa shape index (κ3) is 3.72. The van der Waals surface area contributed by atoms with Crippen LogP contribution >= 0.6 is 0 Å². The Labute approximate surface area is 138 Å². The fourth-order valence-electron chi connectivity index (χ4n) is 2.96. The van der Waals surface area contributed by atoms with E-state index >= 15 is 0 Å². The number of hydrogen-bond acceptors (Lipinski definition) is 2. The van der Waals surface area contributed by atoms with E-state index in [1.807, 2.05) is 0 Å². The number of rotatable bonds is 7. The molecule has 2 nitrogen and oxygen atoms in total. The first kappa shape index (κ1) is 15.6. The molecule has 0 atom stereocenters. The molecule has 3 aromatic rings. The van der Waals surface area contributed by atoms with E-state index in [1.54, 1.807) is 7.11 Å². The Bertz CT molecular complexity index is 734. The summed E-state index contributed by atoms with van der Waals surface area (Å²) < 4.78 is 5.19. The lowest BCUT2D eigenvalue weighted by molar-refractivity contribution is 0.193. The van der Waals surface area contributed by atoms with Gasteiger partial charge in [0, 0.05) is 37.0 Å². The highest BCUT2D eigenvalue weighted by atomic mass is 16.5. The van der Waals surface area contributed by atoms with E-state index in [1.165, 1.54) is 22.1 Å². The molecule has 3 aromatic carbocycles. The predicted octanol–water partition coefficient (Wildman–Crippen LogP) is 5.40. The van der Waals surface area contributed by atoms with Crippen LogP contribution in [0.4, 0.5) is 11.4 Å². The van der Waals surface area contributed by atoms with Crippen molar-refractivity contribution >= 4 is 22.1 Å². The Kier molecular flexibility index (Phi) is 5.28. The molecule has 0 bridgehead atoms. The van der Waals surface area contributed by atoms with Crippen molar-refractivity contribution < 1.29 is 4.74 Å². The van der Waals surface area contributed by atoms with Gasteiger partial charge in [0.1, 0.15) is 0 Å². The number of anilines is 2. The summed E-state index contributed by atoms with van der Waals surface area (Å²) >= 11 is 0. The molecule has 0 aliphatic heterocycles. The molecule has 3 rings (SSSR count). The topological polar surface area (TPSA) is 12.5 Å². The van der Waals surface area contributed by atoms with Crippen LogP contribution in [-0.4, -0.2) is 20.3 Å². The van der Waals surface area contributed by atoms with Crippen LogP contribution in [0.3, 0.4) is 0 Å². The van der Waals surface area contributed by atoms with E-state index in [-0.39, 0.29) is 0 Å². The first-order valence-electron chi connectivity index (χ1n) is 8.19. The summed E-state index contributed by atoms with van der Waals surface area (Å²) in [5, 5.41) is 2.58. The Hall–Kier alpha value is -2.32. The van der Waals surface area contributed by atoms with Crippen LogP contribution in [0.2, 0.25) is 0 Å². The van der Waals surface area contributed by atoms with E-state index in [0.29, 0.717) is 0 Å². The molecule has 0 fully saturated rings. The van der Waals surface area contributed by atoms with Gasteiger partial charge in [0.15, 0.2) is 0 Å². The normalized spacial score (nSPS) is 10.8. The molecule has 0 amide bonds. The van der Waals surface area contributed by atoms with Gasteiger partial charge >= 0.3 is 0 Å². The molecule has 0 N–H and O–H groups in total. The molecular formula is C21H23NO. The molecule has 0 radical (unpaired) electrons. The second kappa shape index (κ2) is 7.80. The lowest BCUT2D eigenvalue weighted by Gasteiger charge is -2.26. The van der Waals surface area contributed by atoms with Crippen molar-refractivity contribution in [2.75, 3.05) is 25.2 Å². The number of benzene rings is 3. The lowest BCUT2D eigenvalue weighted by atomic mass is 10.1. The molecule has 0 aromatic heterocycles. The van der Waals surface area contributed by atoms with Gasteiger partial charge in [0.2, 0.25) is 0 Å². The zero-order chi connectivity index (χ0) is 15.9. The van der Waals surface area contributed by atoms with Crippen LogP contribution in [0, 0.1) is 0 Å². The number of ether oxygens (including phenoxy) is 1. The quantitative estimate of drug-likeness (QED) is 0.542. The van der Waals surface area contributed by atoms with Crippen molar-refractivity contribution in [3.8, 4) is 0 Å². The number of nitrogens with zero attached hydrogens (tertiary/aromatic N) is 1. The minimum absolute atomic E-state index is 0.818. The lowest BCUT2D eigenvalue weighted by Crippen LogP contribution is -2.19. The highest BCUT2D eigenvalue weighted by Gasteiger charge is 2.11. The summed E-state index contributed by atoms with van der Waals surface area (Å²) in [6.07, 6.45) is 2.18. The van der Waals surface area contributed by atoms with E-state index in [9.17, 15) is 0 Å². The molecule has 0 aliphatic carbocycles. The monoisotopic (exact) mass is 305 g/mol. The number of methoxy groups -OCH3 is 1. The fourth-order valence-corrected chi connectivity index (χ4v) is 2.96. The molecule has 0 saturated carbocycles. The van der Waals surface area contributed by atoms with Gasteiger partial charge in [0.25, 0.3) is 0 Å². The standard InChI is InChI=1S/C21H23NO/c1-23-17-8-7-16-22(19-12-3-2-4-13-19)21-15-9-11-18-10-5-6-14-20(18)21/h2-6,9-15H,7-8,16-17H2,1H3. The Morgan fingerprint density at radius 3 is 2.35 bits per heavy atom. The van der Waals surface area contributed by atoms with E-state index in [2.05, 4.69) is 77.7 Å². The maximum Gasteiger partial charge on any atom is 0.0490 e. The molecule has 0 unspecified atom stereocenters. The molecular weight excluding hydrogens is 282 g/mol. The zero-order valence-electron chi connectivity index (χ0n) is 13.6. The average Bonchev–Trinajstić information content (AvgIpc) is 2.62. The maximum absolute atomic E-state index is 5.19. The maximum atomic E-state index is 5.19. The predicted molar refractivity (Wildman–Crippen MR) is 98.5 cm³/mol. The van der Waals surface area contributed by atoms with E-state index in [0.717, 1.165) is 26.0 Å². The summed E-state index contributed by atoms with van der Waals surface area (Å²) in [6.45, 7) is 1.81. The molecule has 118 valence electrons. The van der Waals surface area contributed by atoms with Crippen LogP contribution in [0.5, 0.6) is 0 Å². The van der Waals surface area contributed by atoms with Crippen molar-refractivity contribution in [2.24, 2.45) is 0 Å². The molecule has 2 heteroatoms.